The number of rotatable bonds is 9. The fourth-order valence-corrected chi connectivity index (χ4v) is 3.18. The van der Waals surface area contributed by atoms with E-state index in [0.29, 0.717) is 29.9 Å². The number of aryl methyl sites for hydroxylation is 1. The molecule has 0 atom stereocenters. The van der Waals surface area contributed by atoms with Gasteiger partial charge >= 0.3 is 0 Å². The number of hydrogen-bond acceptors (Lipinski definition) is 4. The van der Waals surface area contributed by atoms with Crippen LogP contribution in [-0.4, -0.2) is 24.3 Å². The van der Waals surface area contributed by atoms with E-state index >= 15 is 0 Å². The Morgan fingerprint density at radius 3 is 1.89 bits per heavy atom. The maximum absolute atomic E-state index is 12.3. The molecule has 0 saturated heterocycles. The first-order chi connectivity index (χ1) is 16.7. The molecule has 7 heteroatoms. The van der Waals surface area contributed by atoms with Gasteiger partial charge in [0.05, 0.1) is 6.54 Å². The van der Waals surface area contributed by atoms with Crippen molar-refractivity contribution >= 4 is 40.5 Å². The van der Waals surface area contributed by atoms with E-state index in [1.54, 1.807) is 36.4 Å². The van der Waals surface area contributed by atoms with Gasteiger partial charge in [0.2, 0.25) is 17.7 Å². The predicted octanol–water partition coefficient (Wildman–Crippen LogP) is 5.29. The lowest BCUT2D eigenvalue weighted by Gasteiger charge is -2.18. The van der Waals surface area contributed by atoms with Gasteiger partial charge in [-0.1, -0.05) is 57.2 Å². The molecule has 0 unspecified atom stereocenters. The van der Waals surface area contributed by atoms with Gasteiger partial charge in [0.25, 0.3) is 0 Å². The average Bonchev–Trinajstić information content (AvgIpc) is 2.83. The summed E-state index contributed by atoms with van der Waals surface area (Å²) in [5.41, 5.74) is 3.32. The summed E-state index contributed by atoms with van der Waals surface area (Å²) in [4.78, 5) is 36.7. The lowest BCUT2D eigenvalue weighted by atomic mass is 9.95. The van der Waals surface area contributed by atoms with Crippen molar-refractivity contribution in [3.8, 4) is 0 Å². The van der Waals surface area contributed by atoms with Gasteiger partial charge in [0.1, 0.15) is 0 Å². The van der Waals surface area contributed by atoms with E-state index in [9.17, 15) is 14.4 Å². The molecule has 0 fully saturated rings. The van der Waals surface area contributed by atoms with Gasteiger partial charge in [-0.3, -0.25) is 14.4 Å². The van der Waals surface area contributed by atoms with Crippen LogP contribution in [0.15, 0.2) is 78.9 Å². The molecule has 3 aromatic carbocycles. The van der Waals surface area contributed by atoms with Crippen LogP contribution in [0.1, 0.15) is 32.8 Å². The SMILES string of the molecule is CC(C)(C)C(=O)Nc1cccc(NCC(=O)Nc2ccc(NC(=O)CCc3ccccc3)cc2)c1. The molecule has 0 aromatic heterocycles. The molecular weight excluding hydrogens is 440 g/mol. The van der Waals surface area contributed by atoms with Crippen molar-refractivity contribution in [2.45, 2.75) is 33.6 Å². The highest BCUT2D eigenvalue weighted by atomic mass is 16.2. The summed E-state index contributed by atoms with van der Waals surface area (Å²) in [7, 11) is 0. The maximum Gasteiger partial charge on any atom is 0.243 e. The van der Waals surface area contributed by atoms with Crippen LogP contribution < -0.4 is 21.3 Å². The molecule has 0 radical (unpaired) electrons. The highest BCUT2D eigenvalue weighted by Crippen LogP contribution is 2.20. The fraction of sp³-hybridized carbons (Fsp3) is 0.250. The Morgan fingerprint density at radius 1 is 0.657 bits per heavy atom. The van der Waals surface area contributed by atoms with Crippen LogP contribution >= 0.6 is 0 Å². The van der Waals surface area contributed by atoms with Crippen LogP contribution in [0.25, 0.3) is 0 Å². The van der Waals surface area contributed by atoms with E-state index in [4.69, 9.17) is 0 Å². The highest BCUT2D eigenvalue weighted by Gasteiger charge is 2.21. The van der Waals surface area contributed by atoms with E-state index in [0.717, 1.165) is 11.3 Å². The molecule has 3 amide bonds. The Balaban J connectivity index is 1.44. The molecule has 7 nitrogen and oxygen atoms in total. The van der Waals surface area contributed by atoms with Crippen LogP contribution in [0.4, 0.5) is 22.7 Å². The van der Waals surface area contributed by atoms with Crippen molar-refractivity contribution in [3.05, 3.63) is 84.4 Å². The van der Waals surface area contributed by atoms with Gasteiger partial charge in [-0.25, -0.2) is 0 Å². The third-order valence-electron chi connectivity index (χ3n) is 5.19. The quantitative estimate of drug-likeness (QED) is 0.340. The Labute approximate surface area is 206 Å². The summed E-state index contributed by atoms with van der Waals surface area (Å²) < 4.78 is 0. The first kappa shape index (κ1) is 25.5. The zero-order valence-electron chi connectivity index (χ0n) is 20.4. The van der Waals surface area contributed by atoms with E-state index in [2.05, 4.69) is 21.3 Å². The Hall–Kier alpha value is -4.13. The van der Waals surface area contributed by atoms with Crippen molar-refractivity contribution in [1.29, 1.82) is 0 Å². The van der Waals surface area contributed by atoms with Crippen molar-refractivity contribution in [2.75, 3.05) is 27.8 Å². The predicted molar refractivity (Wildman–Crippen MR) is 141 cm³/mol. The van der Waals surface area contributed by atoms with E-state index in [1.807, 2.05) is 63.2 Å². The number of nitrogens with one attached hydrogen (secondary N) is 4. The van der Waals surface area contributed by atoms with Crippen molar-refractivity contribution in [1.82, 2.24) is 0 Å². The zero-order valence-corrected chi connectivity index (χ0v) is 20.4. The fourth-order valence-electron chi connectivity index (χ4n) is 3.18. The molecule has 0 aliphatic carbocycles. The van der Waals surface area contributed by atoms with E-state index in [-0.39, 0.29) is 24.3 Å². The Bertz CT molecular complexity index is 1150. The number of anilines is 4. The summed E-state index contributed by atoms with van der Waals surface area (Å²) in [6.07, 6.45) is 1.08. The van der Waals surface area contributed by atoms with Gasteiger partial charge in [-0.15, -0.1) is 0 Å². The number of hydrogen-bond donors (Lipinski definition) is 4. The monoisotopic (exact) mass is 472 g/mol. The smallest absolute Gasteiger partial charge is 0.243 e. The topological polar surface area (TPSA) is 99.3 Å². The summed E-state index contributed by atoms with van der Waals surface area (Å²) in [6.45, 7) is 5.61. The first-order valence-electron chi connectivity index (χ1n) is 11.6. The van der Waals surface area contributed by atoms with Crippen LogP contribution in [0.3, 0.4) is 0 Å². The minimum absolute atomic E-state index is 0.0595. The van der Waals surface area contributed by atoms with Crippen LogP contribution in [-0.2, 0) is 20.8 Å². The Kier molecular flexibility index (Phi) is 8.62. The molecule has 0 aliphatic heterocycles. The molecule has 3 aromatic rings. The maximum atomic E-state index is 12.3. The second kappa shape index (κ2) is 11.8. The molecule has 4 N–H and O–H groups in total. The van der Waals surface area contributed by atoms with Crippen LogP contribution in [0.5, 0.6) is 0 Å². The third kappa shape index (κ3) is 8.62. The molecule has 0 heterocycles. The second-order valence-electron chi connectivity index (χ2n) is 9.30. The minimum Gasteiger partial charge on any atom is -0.376 e. The molecule has 0 aliphatic rings. The summed E-state index contributed by atoms with van der Waals surface area (Å²) in [5, 5.41) is 11.6. The van der Waals surface area contributed by atoms with Crippen molar-refractivity contribution in [3.63, 3.8) is 0 Å². The number of carbonyl (C=O) groups is 3. The standard InChI is InChI=1S/C28H32N4O3/c1-28(2,3)27(35)32-24-11-7-10-23(18-24)29-19-26(34)31-22-15-13-21(14-16-22)30-25(33)17-12-20-8-5-4-6-9-20/h4-11,13-16,18,29H,12,17,19H2,1-3H3,(H,30,33)(H,31,34)(H,32,35). The van der Waals surface area contributed by atoms with Crippen LogP contribution in [0.2, 0.25) is 0 Å². The normalized spacial score (nSPS) is 10.8. The molecule has 0 saturated carbocycles. The third-order valence-corrected chi connectivity index (χ3v) is 5.19. The lowest BCUT2D eigenvalue weighted by Crippen LogP contribution is -2.27. The molecule has 0 bridgehead atoms. The highest BCUT2D eigenvalue weighted by molar-refractivity contribution is 5.96. The molecule has 182 valence electrons. The Morgan fingerprint density at radius 2 is 1.26 bits per heavy atom. The van der Waals surface area contributed by atoms with Gasteiger partial charge in [-0.05, 0) is 54.4 Å². The molecule has 3 rings (SSSR count). The number of amides is 3. The summed E-state index contributed by atoms with van der Waals surface area (Å²) in [6, 6.07) is 24.1. The summed E-state index contributed by atoms with van der Waals surface area (Å²) in [5.74, 6) is -0.354. The number of benzene rings is 3. The van der Waals surface area contributed by atoms with E-state index < -0.39 is 5.41 Å². The molecule has 0 spiro atoms. The van der Waals surface area contributed by atoms with Gasteiger partial charge in [0.15, 0.2) is 0 Å². The van der Waals surface area contributed by atoms with Gasteiger partial charge < -0.3 is 21.3 Å². The first-order valence-corrected chi connectivity index (χ1v) is 11.6. The van der Waals surface area contributed by atoms with Gasteiger partial charge in [-0.2, -0.15) is 0 Å². The van der Waals surface area contributed by atoms with Crippen LogP contribution in [0, 0.1) is 5.41 Å². The lowest BCUT2D eigenvalue weighted by molar-refractivity contribution is -0.123. The van der Waals surface area contributed by atoms with Crippen molar-refractivity contribution < 1.29 is 14.4 Å². The largest absolute Gasteiger partial charge is 0.376 e. The summed E-state index contributed by atoms with van der Waals surface area (Å²) >= 11 is 0. The second-order valence-corrected chi connectivity index (χ2v) is 9.30. The molecular formula is C28H32N4O3. The minimum atomic E-state index is -0.496. The zero-order chi connectivity index (χ0) is 25.3. The average molecular weight is 473 g/mol. The number of carbonyl (C=O) groups excluding carboxylic acids is 3. The van der Waals surface area contributed by atoms with Crippen molar-refractivity contribution in [2.24, 2.45) is 5.41 Å². The van der Waals surface area contributed by atoms with E-state index in [1.165, 1.54) is 0 Å². The molecule has 35 heavy (non-hydrogen) atoms. The van der Waals surface area contributed by atoms with Gasteiger partial charge in [0, 0.05) is 34.6 Å².